The van der Waals surface area contributed by atoms with Gasteiger partial charge in [0.05, 0.1) is 19.3 Å². The second kappa shape index (κ2) is 7.65. The zero-order valence-corrected chi connectivity index (χ0v) is 11.2. The maximum Gasteiger partial charge on any atom is 0.106 e. The van der Waals surface area contributed by atoms with Crippen molar-refractivity contribution in [2.24, 2.45) is 0 Å². The molecule has 1 fully saturated rings. The zero-order chi connectivity index (χ0) is 12.6. The number of morpholine rings is 1. The summed E-state index contributed by atoms with van der Waals surface area (Å²) >= 11 is 0. The van der Waals surface area contributed by atoms with Crippen molar-refractivity contribution >= 4 is 0 Å². The minimum atomic E-state index is -0.318. The minimum absolute atomic E-state index is 0.318. The standard InChI is InChI=1S/C13H25N3O/c1-3-13(12-14,15-4-2)6-5-7-16-8-10-17-11-9-16/h15H,3-11H2,1-2H3. The lowest BCUT2D eigenvalue weighted by Gasteiger charge is -2.29. The van der Waals surface area contributed by atoms with Crippen LogP contribution in [-0.4, -0.2) is 49.8 Å². The quantitative estimate of drug-likeness (QED) is 0.729. The van der Waals surface area contributed by atoms with Gasteiger partial charge in [-0.2, -0.15) is 5.26 Å². The summed E-state index contributed by atoms with van der Waals surface area (Å²) in [5, 5.41) is 12.6. The Morgan fingerprint density at radius 2 is 2.06 bits per heavy atom. The summed E-state index contributed by atoms with van der Waals surface area (Å²) in [6, 6.07) is 2.45. The third-order valence-electron chi connectivity index (χ3n) is 3.51. The van der Waals surface area contributed by atoms with Crippen LogP contribution >= 0.6 is 0 Å². The maximum atomic E-state index is 9.30. The number of ether oxygens (including phenoxy) is 1. The van der Waals surface area contributed by atoms with E-state index < -0.39 is 0 Å². The van der Waals surface area contributed by atoms with Crippen LogP contribution < -0.4 is 5.32 Å². The van der Waals surface area contributed by atoms with E-state index in [0.717, 1.165) is 58.7 Å². The second-order valence-electron chi connectivity index (χ2n) is 4.64. The molecule has 4 heteroatoms. The predicted molar refractivity (Wildman–Crippen MR) is 68.8 cm³/mol. The minimum Gasteiger partial charge on any atom is -0.379 e. The number of nitrogens with one attached hydrogen (secondary N) is 1. The number of rotatable bonds is 7. The Hall–Kier alpha value is -0.630. The van der Waals surface area contributed by atoms with Gasteiger partial charge in [-0.05, 0) is 32.4 Å². The van der Waals surface area contributed by atoms with E-state index in [9.17, 15) is 5.26 Å². The molecule has 0 saturated carbocycles. The summed E-state index contributed by atoms with van der Waals surface area (Å²) < 4.78 is 5.32. The first-order valence-corrected chi connectivity index (χ1v) is 6.72. The van der Waals surface area contributed by atoms with Gasteiger partial charge in [-0.25, -0.2) is 0 Å². The van der Waals surface area contributed by atoms with Gasteiger partial charge in [0.1, 0.15) is 5.54 Å². The van der Waals surface area contributed by atoms with Crippen LogP contribution in [0.4, 0.5) is 0 Å². The summed E-state index contributed by atoms with van der Waals surface area (Å²) in [7, 11) is 0. The fourth-order valence-corrected chi connectivity index (χ4v) is 2.33. The highest BCUT2D eigenvalue weighted by molar-refractivity contribution is 5.05. The molecule has 0 aromatic heterocycles. The van der Waals surface area contributed by atoms with Crippen LogP contribution in [0.5, 0.6) is 0 Å². The molecule has 1 atom stereocenters. The highest BCUT2D eigenvalue weighted by Crippen LogP contribution is 2.17. The largest absolute Gasteiger partial charge is 0.379 e. The molecule has 0 aromatic carbocycles. The molecular formula is C13H25N3O. The van der Waals surface area contributed by atoms with E-state index in [0.29, 0.717) is 0 Å². The van der Waals surface area contributed by atoms with Crippen LogP contribution in [-0.2, 0) is 4.74 Å². The van der Waals surface area contributed by atoms with Crippen molar-refractivity contribution in [1.82, 2.24) is 10.2 Å². The van der Waals surface area contributed by atoms with E-state index in [1.807, 2.05) is 0 Å². The lowest BCUT2D eigenvalue weighted by atomic mass is 9.92. The molecule has 0 aliphatic carbocycles. The highest BCUT2D eigenvalue weighted by atomic mass is 16.5. The highest BCUT2D eigenvalue weighted by Gasteiger charge is 2.26. The smallest absolute Gasteiger partial charge is 0.106 e. The number of hydrogen-bond donors (Lipinski definition) is 1. The van der Waals surface area contributed by atoms with E-state index in [4.69, 9.17) is 4.74 Å². The Kier molecular flexibility index (Phi) is 6.49. The van der Waals surface area contributed by atoms with Gasteiger partial charge in [-0.1, -0.05) is 13.8 Å². The van der Waals surface area contributed by atoms with E-state index in [1.54, 1.807) is 0 Å². The lowest BCUT2D eigenvalue weighted by Crippen LogP contribution is -2.44. The topological polar surface area (TPSA) is 48.3 Å². The van der Waals surface area contributed by atoms with Gasteiger partial charge in [-0.3, -0.25) is 10.2 Å². The lowest BCUT2D eigenvalue weighted by molar-refractivity contribution is 0.0365. The molecule has 1 unspecified atom stereocenters. The molecule has 0 aromatic rings. The zero-order valence-electron chi connectivity index (χ0n) is 11.2. The van der Waals surface area contributed by atoms with E-state index in [-0.39, 0.29) is 5.54 Å². The normalized spacial score (nSPS) is 20.8. The summed E-state index contributed by atoms with van der Waals surface area (Å²) in [4.78, 5) is 2.42. The van der Waals surface area contributed by atoms with Crippen LogP contribution in [0.25, 0.3) is 0 Å². The Morgan fingerprint density at radius 1 is 1.35 bits per heavy atom. The van der Waals surface area contributed by atoms with Crippen LogP contribution in [0.15, 0.2) is 0 Å². The molecule has 17 heavy (non-hydrogen) atoms. The Bertz CT molecular complexity index is 246. The van der Waals surface area contributed by atoms with Crippen molar-refractivity contribution < 1.29 is 4.74 Å². The molecule has 98 valence electrons. The van der Waals surface area contributed by atoms with Gasteiger partial charge < -0.3 is 4.74 Å². The van der Waals surface area contributed by atoms with Gasteiger partial charge in [-0.15, -0.1) is 0 Å². The second-order valence-corrected chi connectivity index (χ2v) is 4.64. The third kappa shape index (κ3) is 4.63. The molecule has 1 N–H and O–H groups in total. The summed E-state index contributed by atoms with van der Waals surface area (Å²) in [6.07, 6.45) is 2.89. The van der Waals surface area contributed by atoms with Crippen molar-refractivity contribution in [2.45, 2.75) is 38.6 Å². The van der Waals surface area contributed by atoms with Crippen molar-refractivity contribution in [3.05, 3.63) is 0 Å². The predicted octanol–water partition coefficient (Wildman–Crippen LogP) is 1.38. The van der Waals surface area contributed by atoms with Crippen LogP contribution in [0.3, 0.4) is 0 Å². The summed E-state index contributed by atoms with van der Waals surface area (Å²) in [5.41, 5.74) is -0.318. The van der Waals surface area contributed by atoms with E-state index in [2.05, 4.69) is 30.1 Å². The first-order chi connectivity index (χ1) is 8.26. The average Bonchev–Trinajstić information content (AvgIpc) is 2.39. The number of nitriles is 1. The summed E-state index contributed by atoms with van der Waals surface area (Å²) in [6.45, 7) is 9.86. The van der Waals surface area contributed by atoms with Gasteiger partial charge in [0.2, 0.25) is 0 Å². The van der Waals surface area contributed by atoms with Crippen LogP contribution in [0.1, 0.15) is 33.1 Å². The monoisotopic (exact) mass is 239 g/mol. The van der Waals surface area contributed by atoms with Gasteiger partial charge in [0.25, 0.3) is 0 Å². The molecule has 1 saturated heterocycles. The molecule has 0 bridgehead atoms. The summed E-state index contributed by atoms with van der Waals surface area (Å²) in [5.74, 6) is 0. The van der Waals surface area contributed by atoms with Gasteiger partial charge in [0.15, 0.2) is 0 Å². The molecule has 1 aliphatic rings. The Balaban J connectivity index is 2.29. The fraction of sp³-hybridized carbons (Fsp3) is 0.923. The Morgan fingerprint density at radius 3 is 2.59 bits per heavy atom. The molecule has 1 rings (SSSR count). The molecule has 0 radical (unpaired) electrons. The maximum absolute atomic E-state index is 9.30. The van der Waals surface area contributed by atoms with Crippen LogP contribution in [0, 0.1) is 11.3 Å². The van der Waals surface area contributed by atoms with Gasteiger partial charge in [0, 0.05) is 13.1 Å². The fourth-order valence-electron chi connectivity index (χ4n) is 2.33. The molecular weight excluding hydrogens is 214 g/mol. The average molecular weight is 239 g/mol. The molecule has 1 heterocycles. The van der Waals surface area contributed by atoms with Crippen LogP contribution in [0.2, 0.25) is 0 Å². The third-order valence-corrected chi connectivity index (χ3v) is 3.51. The van der Waals surface area contributed by atoms with E-state index >= 15 is 0 Å². The molecule has 1 aliphatic heterocycles. The number of nitrogens with zero attached hydrogens (tertiary/aromatic N) is 2. The van der Waals surface area contributed by atoms with Crippen molar-refractivity contribution in [2.75, 3.05) is 39.4 Å². The molecule has 0 spiro atoms. The Labute approximate surface area is 105 Å². The SMILES string of the molecule is CCNC(C#N)(CC)CCCN1CCOCC1. The number of hydrogen-bond acceptors (Lipinski definition) is 4. The van der Waals surface area contributed by atoms with Crippen molar-refractivity contribution in [3.63, 3.8) is 0 Å². The van der Waals surface area contributed by atoms with Gasteiger partial charge >= 0.3 is 0 Å². The molecule has 4 nitrogen and oxygen atoms in total. The first kappa shape index (κ1) is 14.4. The first-order valence-electron chi connectivity index (χ1n) is 6.72. The van der Waals surface area contributed by atoms with Crippen molar-refractivity contribution in [1.29, 1.82) is 5.26 Å². The van der Waals surface area contributed by atoms with E-state index in [1.165, 1.54) is 0 Å². The van der Waals surface area contributed by atoms with Crippen molar-refractivity contribution in [3.8, 4) is 6.07 Å². The molecule has 0 amide bonds.